The second-order valence-electron chi connectivity index (χ2n) is 3.78. The standard InChI is InChI=1S/C12H20O/c1-4-5-6-7-8-9-12(13)10-11(2)3/h11H,4-7,10H2,1-3H3. The Kier molecular flexibility index (Phi) is 7.39. The van der Waals surface area contributed by atoms with Gasteiger partial charge in [0.05, 0.1) is 0 Å². The second-order valence-corrected chi connectivity index (χ2v) is 3.78. The van der Waals surface area contributed by atoms with E-state index in [0.29, 0.717) is 12.3 Å². The van der Waals surface area contributed by atoms with Crippen molar-refractivity contribution in [3.05, 3.63) is 0 Å². The molecule has 0 spiro atoms. The number of carbonyl (C=O) groups excluding carboxylic acids is 1. The van der Waals surface area contributed by atoms with E-state index >= 15 is 0 Å². The summed E-state index contributed by atoms with van der Waals surface area (Å²) in [5.41, 5.74) is 0. The van der Waals surface area contributed by atoms with Gasteiger partial charge in [0.25, 0.3) is 0 Å². The number of hydrogen-bond donors (Lipinski definition) is 0. The molecule has 0 fully saturated rings. The van der Waals surface area contributed by atoms with E-state index < -0.39 is 0 Å². The molecule has 0 aliphatic heterocycles. The van der Waals surface area contributed by atoms with Crippen LogP contribution in [0.5, 0.6) is 0 Å². The van der Waals surface area contributed by atoms with Crippen LogP contribution in [0.4, 0.5) is 0 Å². The van der Waals surface area contributed by atoms with Crippen LogP contribution in [0.3, 0.4) is 0 Å². The smallest absolute Gasteiger partial charge is 0.205 e. The molecular formula is C12H20O. The first-order chi connectivity index (χ1) is 6.16. The highest BCUT2D eigenvalue weighted by atomic mass is 16.1. The van der Waals surface area contributed by atoms with Crippen molar-refractivity contribution < 1.29 is 4.79 Å². The van der Waals surface area contributed by atoms with E-state index in [0.717, 1.165) is 12.8 Å². The Hall–Kier alpha value is -0.770. The largest absolute Gasteiger partial charge is 0.285 e. The van der Waals surface area contributed by atoms with Crippen LogP contribution in [0.2, 0.25) is 0 Å². The first-order valence-corrected chi connectivity index (χ1v) is 5.18. The Balaban J connectivity index is 3.52. The normalized spacial score (nSPS) is 9.54. The highest BCUT2D eigenvalue weighted by molar-refractivity contribution is 5.95. The van der Waals surface area contributed by atoms with E-state index in [2.05, 4.69) is 18.8 Å². The first-order valence-electron chi connectivity index (χ1n) is 5.18. The second kappa shape index (κ2) is 7.86. The van der Waals surface area contributed by atoms with Gasteiger partial charge in [0.2, 0.25) is 5.78 Å². The molecule has 0 radical (unpaired) electrons. The van der Waals surface area contributed by atoms with E-state index in [1.54, 1.807) is 0 Å². The van der Waals surface area contributed by atoms with Crippen molar-refractivity contribution in [1.29, 1.82) is 0 Å². The third kappa shape index (κ3) is 9.14. The van der Waals surface area contributed by atoms with Crippen molar-refractivity contribution in [2.24, 2.45) is 5.92 Å². The molecule has 0 unspecified atom stereocenters. The van der Waals surface area contributed by atoms with Crippen molar-refractivity contribution in [2.75, 3.05) is 0 Å². The molecule has 0 saturated carbocycles. The Morgan fingerprint density at radius 3 is 2.54 bits per heavy atom. The van der Waals surface area contributed by atoms with Crippen LogP contribution >= 0.6 is 0 Å². The van der Waals surface area contributed by atoms with Crippen LogP contribution in [0.1, 0.15) is 52.9 Å². The number of hydrogen-bond acceptors (Lipinski definition) is 1. The summed E-state index contributed by atoms with van der Waals surface area (Å²) < 4.78 is 0. The van der Waals surface area contributed by atoms with Gasteiger partial charge in [0.1, 0.15) is 0 Å². The molecule has 0 aromatic heterocycles. The fourth-order valence-electron chi connectivity index (χ4n) is 1.05. The molecular weight excluding hydrogens is 160 g/mol. The third-order valence-electron chi connectivity index (χ3n) is 1.73. The van der Waals surface area contributed by atoms with Crippen LogP contribution in [0.15, 0.2) is 0 Å². The average molecular weight is 180 g/mol. The molecule has 0 atom stereocenters. The Morgan fingerprint density at radius 1 is 1.31 bits per heavy atom. The van der Waals surface area contributed by atoms with Crippen LogP contribution in [-0.4, -0.2) is 5.78 Å². The molecule has 1 nitrogen and oxygen atoms in total. The molecule has 0 amide bonds. The monoisotopic (exact) mass is 180 g/mol. The summed E-state index contributed by atoms with van der Waals surface area (Å²) in [5.74, 6) is 6.13. The molecule has 0 heterocycles. The zero-order valence-electron chi connectivity index (χ0n) is 9.02. The fraction of sp³-hybridized carbons (Fsp3) is 0.750. The summed E-state index contributed by atoms with van der Waals surface area (Å²) in [6.07, 6.45) is 5.02. The van der Waals surface area contributed by atoms with E-state index in [4.69, 9.17) is 0 Å². The number of Topliss-reactive ketones (excluding diaryl/α,β-unsaturated/α-hetero) is 1. The van der Waals surface area contributed by atoms with Gasteiger partial charge in [0.15, 0.2) is 0 Å². The van der Waals surface area contributed by atoms with Crippen molar-refractivity contribution in [3.8, 4) is 11.8 Å². The van der Waals surface area contributed by atoms with Gasteiger partial charge in [-0.15, -0.1) is 0 Å². The summed E-state index contributed by atoms with van der Waals surface area (Å²) in [5, 5.41) is 0. The average Bonchev–Trinajstić information content (AvgIpc) is 2.02. The SMILES string of the molecule is CCCCCC#CC(=O)CC(C)C. The maximum Gasteiger partial charge on any atom is 0.205 e. The van der Waals surface area contributed by atoms with E-state index in [9.17, 15) is 4.79 Å². The number of carbonyl (C=O) groups is 1. The molecule has 0 saturated heterocycles. The lowest BCUT2D eigenvalue weighted by molar-refractivity contribution is -0.114. The van der Waals surface area contributed by atoms with Crippen LogP contribution in [0, 0.1) is 17.8 Å². The first kappa shape index (κ1) is 12.2. The van der Waals surface area contributed by atoms with E-state index in [1.165, 1.54) is 12.8 Å². The van der Waals surface area contributed by atoms with Crippen molar-refractivity contribution in [2.45, 2.75) is 52.9 Å². The zero-order chi connectivity index (χ0) is 10.1. The predicted molar refractivity (Wildman–Crippen MR) is 56.4 cm³/mol. The quantitative estimate of drug-likeness (QED) is 0.361. The zero-order valence-corrected chi connectivity index (χ0v) is 9.02. The molecule has 74 valence electrons. The van der Waals surface area contributed by atoms with Crippen molar-refractivity contribution >= 4 is 5.78 Å². The third-order valence-corrected chi connectivity index (χ3v) is 1.73. The minimum absolute atomic E-state index is 0.0894. The molecule has 0 aliphatic carbocycles. The van der Waals surface area contributed by atoms with Crippen LogP contribution in [-0.2, 0) is 4.79 Å². The molecule has 0 aromatic carbocycles. The molecule has 0 aliphatic rings. The topological polar surface area (TPSA) is 17.1 Å². The number of unbranched alkanes of at least 4 members (excludes halogenated alkanes) is 3. The lowest BCUT2D eigenvalue weighted by Crippen LogP contribution is -1.98. The van der Waals surface area contributed by atoms with Gasteiger partial charge in [-0.1, -0.05) is 39.5 Å². The maximum atomic E-state index is 11.1. The highest BCUT2D eigenvalue weighted by Gasteiger charge is 1.99. The molecule has 0 rings (SSSR count). The Morgan fingerprint density at radius 2 is 2.00 bits per heavy atom. The summed E-state index contributed by atoms with van der Waals surface area (Å²) in [6.45, 7) is 6.24. The lowest BCUT2D eigenvalue weighted by atomic mass is 10.1. The van der Waals surface area contributed by atoms with Crippen LogP contribution < -0.4 is 0 Å². The van der Waals surface area contributed by atoms with Gasteiger partial charge in [-0.2, -0.15) is 0 Å². The van der Waals surface area contributed by atoms with Gasteiger partial charge >= 0.3 is 0 Å². The molecule has 0 aromatic rings. The predicted octanol–water partition coefficient (Wildman–Crippen LogP) is 3.19. The molecule has 1 heteroatoms. The highest BCUT2D eigenvalue weighted by Crippen LogP contribution is 2.00. The van der Waals surface area contributed by atoms with Gasteiger partial charge in [0, 0.05) is 12.8 Å². The number of ketones is 1. The minimum atomic E-state index is 0.0894. The Labute approximate surface area is 81.9 Å². The van der Waals surface area contributed by atoms with Gasteiger partial charge < -0.3 is 0 Å². The van der Waals surface area contributed by atoms with E-state index in [-0.39, 0.29) is 5.78 Å². The maximum absolute atomic E-state index is 11.1. The van der Waals surface area contributed by atoms with E-state index in [1.807, 2.05) is 13.8 Å². The van der Waals surface area contributed by atoms with Gasteiger partial charge in [-0.25, -0.2) is 0 Å². The summed E-state index contributed by atoms with van der Waals surface area (Å²) in [6, 6.07) is 0. The summed E-state index contributed by atoms with van der Waals surface area (Å²) >= 11 is 0. The van der Waals surface area contributed by atoms with Gasteiger partial charge in [-0.3, -0.25) is 4.79 Å². The minimum Gasteiger partial charge on any atom is -0.285 e. The summed E-state index contributed by atoms with van der Waals surface area (Å²) in [4.78, 5) is 11.1. The fourth-order valence-corrected chi connectivity index (χ4v) is 1.05. The molecule has 0 bridgehead atoms. The summed E-state index contributed by atoms with van der Waals surface area (Å²) in [7, 11) is 0. The number of rotatable bonds is 5. The van der Waals surface area contributed by atoms with Crippen LogP contribution in [0.25, 0.3) is 0 Å². The van der Waals surface area contributed by atoms with Crippen molar-refractivity contribution in [3.63, 3.8) is 0 Å². The Bertz CT molecular complexity index is 193. The van der Waals surface area contributed by atoms with Gasteiger partial charge in [-0.05, 0) is 18.3 Å². The molecule has 0 N–H and O–H groups in total. The molecule has 13 heavy (non-hydrogen) atoms. The van der Waals surface area contributed by atoms with Crippen molar-refractivity contribution in [1.82, 2.24) is 0 Å². The lowest BCUT2D eigenvalue weighted by Gasteiger charge is -1.96.